The third-order valence-corrected chi connectivity index (χ3v) is 2.14. The molecule has 0 fully saturated rings. The number of nitrogens with two attached hydrogens (primary N) is 1. The number of nitriles is 1. The highest BCUT2D eigenvalue weighted by atomic mass is 16.5. The molecule has 16 heavy (non-hydrogen) atoms. The quantitative estimate of drug-likeness (QED) is 0.761. The van der Waals surface area contributed by atoms with E-state index >= 15 is 0 Å². The Bertz CT molecular complexity index is 437. The van der Waals surface area contributed by atoms with Gasteiger partial charge in [-0.3, -0.25) is 0 Å². The normalized spacial score (nSPS) is 9.31. The molecule has 0 aromatic heterocycles. The third kappa shape index (κ3) is 2.64. The molecule has 1 rings (SSSR count). The van der Waals surface area contributed by atoms with Crippen LogP contribution in [-0.2, 0) is 11.3 Å². The summed E-state index contributed by atoms with van der Waals surface area (Å²) < 4.78 is 4.56. The van der Waals surface area contributed by atoms with Gasteiger partial charge < -0.3 is 15.4 Å². The Hall–Kier alpha value is -2.22. The number of amides is 1. The number of rotatable bonds is 2. The Morgan fingerprint density at radius 3 is 2.88 bits per heavy atom. The molecule has 0 unspecified atom stereocenters. The molecule has 0 heterocycles. The summed E-state index contributed by atoms with van der Waals surface area (Å²) in [6.07, 6.45) is -0.421. The summed E-state index contributed by atoms with van der Waals surface area (Å²) in [4.78, 5) is 12.6. The molecule has 0 aliphatic carbocycles. The molecule has 0 saturated carbocycles. The van der Waals surface area contributed by atoms with Crippen LogP contribution in [-0.4, -0.2) is 25.2 Å². The van der Waals surface area contributed by atoms with Crippen molar-refractivity contribution in [1.82, 2.24) is 4.90 Å². The molecule has 5 heteroatoms. The van der Waals surface area contributed by atoms with Crippen LogP contribution in [0.5, 0.6) is 0 Å². The Morgan fingerprint density at radius 2 is 2.31 bits per heavy atom. The van der Waals surface area contributed by atoms with E-state index in [1.807, 2.05) is 6.07 Å². The molecule has 0 saturated heterocycles. The van der Waals surface area contributed by atoms with Gasteiger partial charge in [-0.2, -0.15) is 5.26 Å². The van der Waals surface area contributed by atoms with Gasteiger partial charge >= 0.3 is 6.09 Å². The minimum atomic E-state index is -0.421. The van der Waals surface area contributed by atoms with Gasteiger partial charge in [0.15, 0.2) is 0 Å². The predicted octanol–water partition coefficient (Wildman–Crippen LogP) is 1.34. The van der Waals surface area contributed by atoms with Crippen molar-refractivity contribution in [3.05, 3.63) is 29.3 Å². The van der Waals surface area contributed by atoms with Crippen LogP contribution < -0.4 is 5.73 Å². The predicted molar refractivity (Wildman–Crippen MR) is 59.4 cm³/mol. The molecule has 1 aromatic rings. The smallest absolute Gasteiger partial charge is 0.409 e. The number of anilines is 1. The molecular weight excluding hydrogens is 206 g/mol. The van der Waals surface area contributed by atoms with Gasteiger partial charge in [-0.1, -0.05) is 6.07 Å². The summed E-state index contributed by atoms with van der Waals surface area (Å²) in [5.41, 5.74) is 7.27. The van der Waals surface area contributed by atoms with Crippen LogP contribution in [0.1, 0.15) is 11.1 Å². The zero-order valence-corrected chi connectivity index (χ0v) is 9.23. The van der Waals surface area contributed by atoms with E-state index in [9.17, 15) is 4.79 Å². The van der Waals surface area contributed by atoms with Crippen LogP contribution in [0.3, 0.4) is 0 Å². The number of hydrogen-bond acceptors (Lipinski definition) is 4. The van der Waals surface area contributed by atoms with E-state index in [0.29, 0.717) is 17.8 Å². The summed E-state index contributed by atoms with van der Waals surface area (Å²) in [6.45, 7) is 0.377. The third-order valence-electron chi connectivity index (χ3n) is 2.14. The van der Waals surface area contributed by atoms with Crippen LogP contribution >= 0.6 is 0 Å². The lowest BCUT2D eigenvalue weighted by atomic mass is 10.1. The fourth-order valence-electron chi connectivity index (χ4n) is 1.29. The second-order valence-corrected chi connectivity index (χ2v) is 3.36. The standard InChI is InChI=1S/C11H13N3O2/c1-14(11(15)16-2)7-8-3-4-10(13)9(5-8)6-12/h3-5H,7,13H2,1-2H3. The van der Waals surface area contributed by atoms with E-state index in [4.69, 9.17) is 11.0 Å². The van der Waals surface area contributed by atoms with Crippen LogP contribution in [0, 0.1) is 11.3 Å². The maximum atomic E-state index is 11.2. The number of hydrogen-bond donors (Lipinski definition) is 1. The number of nitrogen functional groups attached to an aromatic ring is 1. The fraction of sp³-hybridized carbons (Fsp3) is 0.273. The average molecular weight is 219 g/mol. The van der Waals surface area contributed by atoms with Crippen molar-refractivity contribution in [2.45, 2.75) is 6.54 Å². The highest BCUT2D eigenvalue weighted by Crippen LogP contribution is 2.14. The van der Waals surface area contributed by atoms with E-state index in [0.717, 1.165) is 5.56 Å². The van der Waals surface area contributed by atoms with Crippen molar-refractivity contribution in [1.29, 1.82) is 5.26 Å². The van der Waals surface area contributed by atoms with Gasteiger partial charge in [0.1, 0.15) is 6.07 Å². The number of nitrogens with zero attached hydrogens (tertiary/aromatic N) is 2. The largest absolute Gasteiger partial charge is 0.453 e. The van der Waals surface area contributed by atoms with Crippen LogP contribution in [0.25, 0.3) is 0 Å². The first-order valence-corrected chi connectivity index (χ1v) is 4.66. The maximum Gasteiger partial charge on any atom is 0.409 e. The number of carbonyl (C=O) groups excluding carboxylic acids is 1. The summed E-state index contributed by atoms with van der Waals surface area (Å²) in [5, 5.41) is 8.80. The van der Waals surface area contributed by atoms with Gasteiger partial charge in [-0.25, -0.2) is 4.79 Å². The van der Waals surface area contributed by atoms with Gasteiger partial charge in [0.25, 0.3) is 0 Å². The number of carbonyl (C=O) groups is 1. The highest BCUT2D eigenvalue weighted by Gasteiger charge is 2.09. The Kier molecular flexibility index (Phi) is 3.72. The molecule has 0 atom stereocenters. The maximum absolute atomic E-state index is 11.2. The van der Waals surface area contributed by atoms with E-state index < -0.39 is 6.09 Å². The molecule has 0 bridgehead atoms. The molecule has 0 radical (unpaired) electrons. The van der Waals surface area contributed by atoms with Gasteiger partial charge in [0.2, 0.25) is 0 Å². The lowest BCUT2D eigenvalue weighted by Crippen LogP contribution is -2.25. The summed E-state index contributed by atoms with van der Waals surface area (Å²) >= 11 is 0. The van der Waals surface area contributed by atoms with Crippen molar-refractivity contribution in [3.8, 4) is 6.07 Å². The Labute approximate surface area is 94.0 Å². The molecule has 1 amide bonds. The topological polar surface area (TPSA) is 79.3 Å². The molecular formula is C11H13N3O2. The van der Waals surface area contributed by atoms with Gasteiger partial charge in [0.05, 0.1) is 12.7 Å². The summed E-state index contributed by atoms with van der Waals surface area (Å²) in [5.74, 6) is 0. The van der Waals surface area contributed by atoms with Crippen molar-refractivity contribution in [3.63, 3.8) is 0 Å². The van der Waals surface area contributed by atoms with Crippen LogP contribution in [0.4, 0.5) is 10.5 Å². The zero-order chi connectivity index (χ0) is 12.1. The van der Waals surface area contributed by atoms with Crippen molar-refractivity contribution in [2.75, 3.05) is 19.9 Å². The van der Waals surface area contributed by atoms with Crippen molar-refractivity contribution < 1.29 is 9.53 Å². The average Bonchev–Trinajstić information content (AvgIpc) is 2.30. The zero-order valence-electron chi connectivity index (χ0n) is 9.23. The lowest BCUT2D eigenvalue weighted by molar-refractivity contribution is 0.131. The second kappa shape index (κ2) is 5.03. The Morgan fingerprint density at radius 1 is 1.62 bits per heavy atom. The summed E-state index contributed by atoms with van der Waals surface area (Å²) in [7, 11) is 2.94. The van der Waals surface area contributed by atoms with Crippen molar-refractivity contribution in [2.24, 2.45) is 0 Å². The Balaban J connectivity index is 2.83. The number of ether oxygens (including phenoxy) is 1. The molecule has 5 nitrogen and oxygen atoms in total. The molecule has 0 aliphatic heterocycles. The first kappa shape index (κ1) is 11.9. The van der Waals surface area contributed by atoms with Gasteiger partial charge in [-0.15, -0.1) is 0 Å². The minimum absolute atomic E-state index is 0.377. The van der Waals surface area contributed by atoms with E-state index in [1.54, 1.807) is 25.2 Å². The minimum Gasteiger partial charge on any atom is -0.453 e. The monoisotopic (exact) mass is 219 g/mol. The van der Waals surface area contributed by atoms with Crippen LogP contribution in [0.15, 0.2) is 18.2 Å². The van der Waals surface area contributed by atoms with Crippen LogP contribution in [0.2, 0.25) is 0 Å². The SMILES string of the molecule is COC(=O)N(C)Cc1ccc(N)c(C#N)c1. The molecule has 2 N–H and O–H groups in total. The lowest BCUT2D eigenvalue weighted by Gasteiger charge is -2.15. The van der Waals surface area contributed by atoms with E-state index in [2.05, 4.69) is 4.74 Å². The van der Waals surface area contributed by atoms with Crippen molar-refractivity contribution >= 4 is 11.8 Å². The number of methoxy groups -OCH3 is 1. The first-order valence-electron chi connectivity index (χ1n) is 4.66. The fourth-order valence-corrected chi connectivity index (χ4v) is 1.29. The molecule has 0 spiro atoms. The second-order valence-electron chi connectivity index (χ2n) is 3.36. The number of benzene rings is 1. The molecule has 84 valence electrons. The van der Waals surface area contributed by atoms with E-state index in [1.165, 1.54) is 12.0 Å². The van der Waals surface area contributed by atoms with E-state index in [-0.39, 0.29) is 0 Å². The van der Waals surface area contributed by atoms with Gasteiger partial charge in [-0.05, 0) is 17.7 Å². The molecule has 0 aliphatic rings. The molecule has 1 aromatic carbocycles. The highest BCUT2D eigenvalue weighted by molar-refractivity contribution is 5.67. The van der Waals surface area contributed by atoms with Gasteiger partial charge in [0, 0.05) is 19.3 Å². The first-order chi connectivity index (χ1) is 7.58. The summed E-state index contributed by atoms with van der Waals surface area (Å²) in [6, 6.07) is 7.08.